The second-order valence-electron chi connectivity index (χ2n) is 5.91. The van der Waals surface area contributed by atoms with Crippen molar-refractivity contribution in [3.05, 3.63) is 17.9 Å². The first-order valence-corrected chi connectivity index (χ1v) is 8.65. The van der Waals surface area contributed by atoms with Gasteiger partial charge in [0.15, 0.2) is 11.5 Å². The normalized spacial score (nSPS) is 23.3. The summed E-state index contributed by atoms with van der Waals surface area (Å²) >= 11 is 0. The minimum Gasteiger partial charge on any atom is -0.493 e. The lowest BCUT2D eigenvalue weighted by atomic mass is 9.94. The number of hydrogen-bond acceptors (Lipinski definition) is 4. The Labute approximate surface area is 131 Å². The lowest BCUT2D eigenvalue weighted by molar-refractivity contribution is 0.222. The van der Waals surface area contributed by atoms with Crippen molar-refractivity contribution in [1.82, 2.24) is 4.31 Å². The molecule has 0 saturated carbocycles. The molecule has 0 N–H and O–H groups in total. The fourth-order valence-corrected chi connectivity index (χ4v) is 4.72. The van der Waals surface area contributed by atoms with Crippen LogP contribution < -0.4 is 9.47 Å². The third-order valence-corrected chi connectivity index (χ3v) is 5.74. The SMILES string of the molecule is COc1cc(F)c(S(=O)(=O)N2C[C@H](C)C[C@@H](C)C2)cc1OC. The minimum absolute atomic E-state index is 0.166. The standard InChI is InChI=1S/C15H22FNO4S/c1-10-5-11(2)9-17(8-10)22(18,19)15-7-14(21-4)13(20-3)6-12(15)16/h6-7,10-11H,5,8-9H2,1-4H3/t10-,11-/m1/s1. The van der Waals surface area contributed by atoms with Crippen molar-refractivity contribution >= 4 is 10.0 Å². The number of nitrogens with zero attached hydrogens (tertiary/aromatic N) is 1. The summed E-state index contributed by atoms with van der Waals surface area (Å²) in [5.41, 5.74) is 0. The Kier molecular flexibility index (Phi) is 4.97. The van der Waals surface area contributed by atoms with Gasteiger partial charge in [0.05, 0.1) is 14.2 Å². The van der Waals surface area contributed by atoms with Gasteiger partial charge in [0.1, 0.15) is 10.7 Å². The molecule has 1 aliphatic heterocycles. The van der Waals surface area contributed by atoms with Gasteiger partial charge in [-0.1, -0.05) is 13.8 Å². The second kappa shape index (κ2) is 6.42. The Morgan fingerprint density at radius 1 is 1.09 bits per heavy atom. The van der Waals surface area contributed by atoms with Crippen molar-refractivity contribution in [3.63, 3.8) is 0 Å². The molecule has 0 radical (unpaired) electrons. The average molecular weight is 331 g/mol. The molecule has 1 aromatic carbocycles. The zero-order chi connectivity index (χ0) is 16.5. The maximum atomic E-state index is 14.3. The first kappa shape index (κ1) is 17.0. The molecule has 2 rings (SSSR count). The monoisotopic (exact) mass is 331 g/mol. The van der Waals surface area contributed by atoms with E-state index in [2.05, 4.69) is 0 Å². The number of rotatable bonds is 4. The number of sulfonamides is 1. The fourth-order valence-electron chi connectivity index (χ4n) is 2.97. The molecule has 124 valence electrons. The van der Waals surface area contributed by atoms with Crippen molar-refractivity contribution in [3.8, 4) is 11.5 Å². The summed E-state index contributed by atoms with van der Waals surface area (Å²) in [5, 5.41) is 0. The van der Waals surface area contributed by atoms with E-state index in [1.165, 1.54) is 24.6 Å². The van der Waals surface area contributed by atoms with Gasteiger partial charge in [-0.25, -0.2) is 12.8 Å². The highest BCUT2D eigenvalue weighted by Gasteiger charge is 2.34. The molecule has 7 heteroatoms. The Hall–Kier alpha value is -1.34. The molecule has 0 bridgehead atoms. The molecular formula is C15H22FNO4S. The molecule has 2 atom stereocenters. The van der Waals surface area contributed by atoms with Gasteiger partial charge in [-0.15, -0.1) is 0 Å². The molecule has 1 saturated heterocycles. The van der Waals surface area contributed by atoms with E-state index >= 15 is 0 Å². The van der Waals surface area contributed by atoms with Gasteiger partial charge in [0.25, 0.3) is 0 Å². The van der Waals surface area contributed by atoms with Crippen molar-refractivity contribution in [1.29, 1.82) is 0 Å². The van der Waals surface area contributed by atoms with Crippen LogP contribution >= 0.6 is 0 Å². The average Bonchev–Trinajstić information content (AvgIpc) is 2.45. The van der Waals surface area contributed by atoms with Gasteiger partial charge in [0, 0.05) is 25.2 Å². The topological polar surface area (TPSA) is 55.8 Å². The molecule has 1 heterocycles. The van der Waals surface area contributed by atoms with Gasteiger partial charge in [-0.3, -0.25) is 0 Å². The van der Waals surface area contributed by atoms with E-state index in [4.69, 9.17) is 9.47 Å². The van der Waals surface area contributed by atoms with Crippen molar-refractivity contribution in [2.45, 2.75) is 25.2 Å². The predicted molar refractivity (Wildman–Crippen MR) is 81.2 cm³/mol. The lowest BCUT2D eigenvalue weighted by Crippen LogP contribution is -2.42. The summed E-state index contributed by atoms with van der Waals surface area (Å²) in [4.78, 5) is -0.369. The molecule has 5 nitrogen and oxygen atoms in total. The number of methoxy groups -OCH3 is 2. The van der Waals surface area contributed by atoms with E-state index in [0.29, 0.717) is 13.1 Å². The van der Waals surface area contributed by atoms with Crippen molar-refractivity contribution in [2.24, 2.45) is 11.8 Å². The number of piperidine rings is 1. The van der Waals surface area contributed by atoms with Gasteiger partial charge in [-0.2, -0.15) is 4.31 Å². The minimum atomic E-state index is -3.89. The highest BCUT2D eigenvalue weighted by molar-refractivity contribution is 7.89. The van der Waals surface area contributed by atoms with E-state index in [0.717, 1.165) is 12.5 Å². The van der Waals surface area contributed by atoms with Crippen LogP contribution in [0.4, 0.5) is 4.39 Å². The van der Waals surface area contributed by atoms with Crippen LogP contribution in [-0.2, 0) is 10.0 Å². The number of ether oxygens (including phenoxy) is 2. The first-order valence-electron chi connectivity index (χ1n) is 7.21. The molecule has 22 heavy (non-hydrogen) atoms. The molecule has 0 amide bonds. The second-order valence-corrected chi connectivity index (χ2v) is 7.81. The smallest absolute Gasteiger partial charge is 0.246 e. The Morgan fingerprint density at radius 2 is 1.59 bits per heavy atom. The van der Waals surface area contributed by atoms with Crippen LogP contribution in [0.2, 0.25) is 0 Å². The summed E-state index contributed by atoms with van der Waals surface area (Å²) in [5.74, 6) is 0.0342. The summed E-state index contributed by atoms with van der Waals surface area (Å²) in [6, 6.07) is 2.23. The Morgan fingerprint density at radius 3 is 2.09 bits per heavy atom. The molecule has 0 aliphatic carbocycles. The van der Waals surface area contributed by atoms with Crippen LogP contribution in [0, 0.1) is 17.7 Å². The van der Waals surface area contributed by atoms with Gasteiger partial charge >= 0.3 is 0 Å². The summed E-state index contributed by atoms with van der Waals surface area (Å²) in [6.07, 6.45) is 0.973. The van der Waals surface area contributed by atoms with E-state index in [1.54, 1.807) is 0 Å². The van der Waals surface area contributed by atoms with Crippen molar-refractivity contribution < 1.29 is 22.3 Å². The Balaban J connectivity index is 2.45. The molecule has 0 spiro atoms. The van der Waals surface area contributed by atoms with E-state index in [-0.39, 0.29) is 28.2 Å². The maximum Gasteiger partial charge on any atom is 0.246 e. The van der Waals surface area contributed by atoms with Gasteiger partial charge in [-0.05, 0) is 18.3 Å². The van der Waals surface area contributed by atoms with Crippen molar-refractivity contribution in [2.75, 3.05) is 27.3 Å². The first-order chi connectivity index (χ1) is 10.3. The number of halogens is 1. The van der Waals surface area contributed by atoms with Gasteiger partial charge < -0.3 is 9.47 Å². The zero-order valence-corrected chi connectivity index (χ0v) is 14.1. The predicted octanol–water partition coefficient (Wildman–Crippen LogP) is 2.51. The van der Waals surface area contributed by atoms with Crippen LogP contribution in [0.15, 0.2) is 17.0 Å². The molecule has 1 aliphatic rings. The van der Waals surface area contributed by atoms with Crippen LogP contribution in [0.3, 0.4) is 0 Å². The number of benzene rings is 1. The zero-order valence-electron chi connectivity index (χ0n) is 13.3. The lowest BCUT2D eigenvalue weighted by Gasteiger charge is -2.34. The molecule has 0 aromatic heterocycles. The number of hydrogen-bond donors (Lipinski definition) is 0. The van der Waals surface area contributed by atoms with Crippen LogP contribution in [0.25, 0.3) is 0 Å². The van der Waals surface area contributed by atoms with Gasteiger partial charge in [0.2, 0.25) is 10.0 Å². The molecule has 1 aromatic rings. The summed E-state index contributed by atoms with van der Waals surface area (Å²) in [7, 11) is -1.13. The van der Waals surface area contributed by atoms with E-state index < -0.39 is 15.8 Å². The van der Waals surface area contributed by atoms with Crippen LogP contribution in [0.1, 0.15) is 20.3 Å². The summed E-state index contributed by atoms with van der Waals surface area (Å²) < 4.78 is 51.2. The maximum absolute atomic E-state index is 14.3. The van der Waals surface area contributed by atoms with E-state index in [9.17, 15) is 12.8 Å². The summed E-state index contributed by atoms with van der Waals surface area (Å²) in [6.45, 7) is 4.81. The van der Waals surface area contributed by atoms with E-state index in [1.807, 2.05) is 13.8 Å². The Bertz CT molecular complexity index is 637. The molecular weight excluding hydrogens is 309 g/mol. The largest absolute Gasteiger partial charge is 0.493 e. The van der Waals surface area contributed by atoms with Crippen LogP contribution in [0.5, 0.6) is 11.5 Å². The molecule has 1 fully saturated rings. The van der Waals surface area contributed by atoms with Crippen LogP contribution in [-0.4, -0.2) is 40.0 Å². The third kappa shape index (κ3) is 3.20. The highest BCUT2D eigenvalue weighted by Crippen LogP contribution is 2.34. The quantitative estimate of drug-likeness (QED) is 0.851. The third-order valence-electron chi connectivity index (χ3n) is 3.89. The molecule has 0 unspecified atom stereocenters. The highest BCUT2D eigenvalue weighted by atomic mass is 32.2. The fraction of sp³-hybridized carbons (Fsp3) is 0.600.